The first kappa shape index (κ1) is 20.4. The van der Waals surface area contributed by atoms with Crippen molar-refractivity contribution in [3.8, 4) is 5.75 Å². The van der Waals surface area contributed by atoms with Gasteiger partial charge in [-0.15, -0.1) is 0 Å². The van der Waals surface area contributed by atoms with Gasteiger partial charge in [0.1, 0.15) is 12.4 Å². The average molecular weight is 396 g/mol. The second-order valence-corrected chi connectivity index (χ2v) is 7.38. The van der Waals surface area contributed by atoms with Crippen LogP contribution in [0.3, 0.4) is 0 Å². The van der Waals surface area contributed by atoms with Crippen molar-refractivity contribution in [1.82, 2.24) is 5.32 Å². The molecule has 0 saturated heterocycles. The molecule has 0 aliphatic carbocycles. The molecule has 0 bridgehead atoms. The summed E-state index contributed by atoms with van der Waals surface area (Å²) in [7, 11) is 0. The van der Waals surface area contributed by atoms with Crippen LogP contribution >= 0.6 is 11.6 Å². The molecule has 0 amide bonds. The molecule has 3 nitrogen and oxygen atoms in total. The van der Waals surface area contributed by atoms with E-state index in [1.54, 1.807) is 6.07 Å². The Kier molecular flexibility index (Phi) is 7.49. The minimum atomic E-state index is -0.672. The molecule has 146 valence electrons. The monoisotopic (exact) mass is 395 g/mol. The molecule has 3 rings (SSSR count). The van der Waals surface area contributed by atoms with E-state index in [0.717, 1.165) is 12.0 Å². The maximum absolute atomic E-state index is 10.5. The number of nitrogens with one attached hydrogen (secondary N) is 1. The second kappa shape index (κ2) is 10.3. The van der Waals surface area contributed by atoms with Gasteiger partial charge in [-0.05, 0) is 36.6 Å². The van der Waals surface area contributed by atoms with Gasteiger partial charge in [0.25, 0.3) is 0 Å². The summed E-state index contributed by atoms with van der Waals surface area (Å²) in [6.45, 7) is 3.04. The highest BCUT2D eigenvalue weighted by Gasteiger charge is 2.14. The number of ether oxygens (including phenoxy) is 1. The molecular formula is C24H26ClNO2. The lowest BCUT2D eigenvalue weighted by Gasteiger charge is -2.19. The number of hydrogen-bond acceptors (Lipinski definition) is 3. The fraction of sp³-hybridized carbons (Fsp3) is 0.250. The van der Waals surface area contributed by atoms with Gasteiger partial charge in [-0.1, -0.05) is 78.3 Å². The molecule has 0 fully saturated rings. The summed E-state index contributed by atoms with van der Waals surface area (Å²) in [6, 6.07) is 26.0. The van der Waals surface area contributed by atoms with Gasteiger partial charge in [0.05, 0.1) is 11.1 Å². The van der Waals surface area contributed by atoms with E-state index in [2.05, 4.69) is 24.4 Å². The first-order chi connectivity index (χ1) is 13.6. The molecule has 0 aliphatic heterocycles. The first-order valence-electron chi connectivity index (χ1n) is 9.53. The molecule has 28 heavy (non-hydrogen) atoms. The molecule has 0 radical (unpaired) electrons. The largest absolute Gasteiger partial charge is 0.489 e. The van der Waals surface area contributed by atoms with Crippen molar-refractivity contribution < 1.29 is 9.84 Å². The van der Waals surface area contributed by atoms with Gasteiger partial charge in [0.2, 0.25) is 0 Å². The predicted molar refractivity (Wildman–Crippen MR) is 115 cm³/mol. The zero-order chi connectivity index (χ0) is 19.8. The standard InChI is InChI=1S/C24H26ClNO2/c1-18(14-19-8-4-2-5-9-19)26-16-24(27)22-13-12-21(15-23(22)25)28-17-20-10-6-3-7-11-20/h2-13,15,18,24,26-27H,14,16-17H2,1H3/t18-,24+/m1/s1. The van der Waals surface area contributed by atoms with Gasteiger partial charge in [-0.2, -0.15) is 0 Å². The molecule has 2 atom stereocenters. The predicted octanol–water partition coefficient (Wildman–Crippen LogP) is 5.17. The molecule has 0 heterocycles. The molecule has 0 aromatic heterocycles. The lowest BCUT2D eigenvalue weighted by Crippen LogP contribution is -2.32. The Labute approximate surface area is 171 Å². The van der Waals surface area contributed by atoms with E-state index >= 15 is 0 Å². The Morgan fingerprint density at radius 1 is 0.929 bits per heavy atom. The minimum Gasteiger partial charge on any atom is -0.489 e. The second-order valence-electron chi connectivity index (χ2n) is 6.97. The summed E-state index contributed by atoms with van der Waals surface area (Å²) in [6.07, 6.45) is 0.238. The van der Waals surface area contributed by atoms with Crippen LogP contribution in [0.25, 0.3) is 0 Å². The molecule has 0 saturated carbocycles. The van der Waals surface area contributed by atoms with Crippen molar-refractivity contribution in [3.63, 3.8) is 0 Å². The number of hydrogen-bond donors (Lipinski definition) is 2. The van der Waals surface area contributed by atoms with Crippen LogP contribution in [0, 0.1) is 0 Å². The highest BCUT2D eigenvalue weighted by molar-refractivity contribution is 6.31. The van der Waals surface area contributed by atoms with Crippen LogP contribution in [0.1, 0.15) is 29.7 Å². The Morgan fingerprint density at radius 2 is 1.57 bits per heavy atom. The van der Waals surface area contributed by atoms with Crippen LogP contribution in [-0.4, -0.2) is 17.7 Å². The summed E-state index contributed by atoms with van der Waals surface area (Å²) in [4.78, 5) is 0. The molecule has 3 aromatic carbocycles. The molecular weight excluding hydrogens is 370 g/mol. The number of benzene rings is 3. The zero-order valence-corrected chi connectivity index (χ0v) is 16.8. The van der Waals surface area contributed by atoms with E-state index < -0.39 is 6.10 Å². The van der Waals surface area contributed by atoms with Crippen molar-refractivity contribution in [2.24, 2.45) is 0 Å². The maximum atomic E-state index is 10.5. The number of aliphatic hydroxyl groups excluding tert-OH is 1. The average Bonchev–Trinajstić information content (AvgIpc) is 2.72. The summed E-state index contributed by atoms with van der Waals surface area (Å²) in [5, 5.41) is 14.4. The Bertz CT molecular complexity index is 855. The van der Waals surface area contributed by atoms with E-state index in [1.165, 1.54) is 5.56 Å². The van der Waals surface area contributed by atoms with E-state index in [4.69, 9.17) is 16.3 Å². The lowest BCUT2D eigenvalue weighted by molar-refractivity contribution is 0.170. The quantitative estimate of drug-likeness (QED) is 0.525. The van der Waals surface area contributed by atoms with Gasteiger partial charge in [-0.3, -0.25) is 0 Å². The molecule has 2 N–H and O–H groups in total. The van der Waals surface area contributed by atoms with Crippen molar-refractivity contribution >= 4 is 11.6 Å². The van der Waals surface area contributed by atoms with Crippen LogP contribution in [0.4, 0.5) is 0 Å². The third-order valence-corrected chi connectivity index (χ3v) is 4.95. The third-order valence-electron chi connectivity index (χ3n) is 4.62. The highest BCUT2D eigenvalue weighted by Crippen LogP contribution is 2.27. The van der Waals surface area contributed by atoms with Gasteiger partial charge in [0.15, 0.2) is 0 Å². The van der Waals surface area contributed by atoms with Gasteiger partial charge >= 0.3 is 0 Å². The number of halogens is 1. The molecule has 0 unspecified atom stereocenters. The van der Waals surface area contributed by atoms with E-state index in [1.807, 2.05) is 60.7 Å². The van der Waals surface area contributed by atoms with Gasteiger partial charge < -0.3 is 15.2 Å². The Morgan fingerprint density at radius 3 is 2.21 bits per heavy atom. The van der Waals surface area contributed by atoms with Crippen LogP contribution in [0.5, 0.6) is 5.75 Å². The normalized spacial score (nSPS) is 13.1. The minimum absolute atomic E-state index is 0.254. The van der Waals surface area contributed by atoms with Gasteiger partial charge in [-0.25, -0.2) is 0 Å². The molecule has 0 aliphatic rings. The highest BCUT2D eigenvalue weighted by atomic mass is 35.5. The summed E-state index contributed by atoms with van der Waals surface area (Å²) >= 11 is 6.38. The first-order valence-corrected chi connectivity index (χ1v) is 9.91. The number of rotatable bonds is 9. The van der Waals surface area contributed by atoms with Crippen LogP contribution < -0.4 is 10.1 Å². The summed E-state index contributed by atoms with van der Waals surface area (Å²) in [5.41, 5.74) is 3.07. The summed E-state index contributed by atoms with van der Waals surface area (Å²) in [5.74, 6) is 0.690. The van der Waals surface area contributed by atoms with Crippen LogP contribution in [0.2, 0.25) is 5.02 Å². The topological polar surface area (TPSA) is 41.5 Å². The number of aliphatic hydroxyl groups is 1. The van der Waals surface area contributed by atoms with Crippen molar-refractivity contribution in [2.45, 2.75) is 32.1 Å². The third kappa shape index (κ3) is 6.10. The SMILES string of the molecule is C[C@H](Cc1ccccc1)NC[C@H](O)c1ccc(OCc2ccccc2)cc1Cl. The summed E-state index contributed by atoms with van der Waals surface area (Å²) < 4.78 is 5.79. The lowest BCUT2D eigenvalue weighted by atomic mass is 10.1. The van der Waals surface area contributed by atoms with E-state index in [9.17, 15) is 5.11 Å². The zero-order valence-electron chi connectivity index (χ0n) is 16.0. The maximum Gasteiger partial charge on any atom is 0.121 e. The van der Waals surface area contributed by atoms with Crippen molar-refractivity contribution in [3.05, 3.63) is 101 Å². The Balaban J connectivity index is 1.51. The van der Waals surface area contributed by atoms with Crippen LogP contribution in [0.15, 0.2) is 78.9 Å². The fourth-order valence-corrected chi connectivity index (χ4v) is 3.37. The van der Waals surface area contributed by atoms with Crippen LogP contribution in [-0.2, 0) is 13.0 Å². The van der Waals surface area contributed by atoms with Crippen molar-refractivity contribution in [1.29, 1.82) is 0 Å². The van der Waals surface area contributed by atoms with Gasteiger partial charge in [0, 0.05) is 18.2 Å². The smallest absolute Gasteiger partial charge is 0.121 e. The molecule has 4 heteroatoms. The van der Waals surface area contributed by atoms with E-state index in [0.29, 0.717) is 29.5 Å². The molecule has 0 spiro atoms. The Hall–Kier alpha value is -2.33. The van der Waals surface area contributed by atoms with E-state index in [-0.39, 0.29) is 6.04 Å². The fourth-order valence-electron chi connectivity index (χ4n) is 3.07. The van der Waals surface area contributed by atoms with Crippen molar-refractivity contribution in [2.75, 3.05) is 6.54 Å². The molecule has 3 aromatic rings.